The number of hydrogen-bond acceptors (Lipinski definition) is 2. The van der Waals surface area contributed by atoms with E-state index in [2.05, 4.69) is 41.7 Å². The van der Waals surface area contributed by atoms with Gasteiger partial charge in [0.25, 0.3) is 0 Å². The Labute approximate surface area is 126 Å². The molecule has 2 nitrogen and oxygen atoms in total. The molecule has 1 aliphatic carbocycles. The average Bonchev–Trinajstić information content (AvgIpc) is 2.54. The number of benzene rings is 2. The molecule has 1 N–H and O–H groups in total. The predicted molar refractivity (Wildman–Crippen MR) is 86.2 cm³/mol. The monoisotopic (exact) mass is 279 g/mol. The van der Waals surface area contributed by atoms with Crippen molar-refractivity contribution in [3.63, 3.8) is 0 Å². The average molecular weight is 279 g/mol. The van der Waals surface area contributed by atoms with Crippen molar-refractivity contribution in [3.05, 3.63) is 66.2 Å². The Kier molecular flexibility index (Phi) is 4.34. The molecule has 0 heterocycles. The number of nitrogens with one attached hydrogen (secondary N) is 1. The van der Waals surface area contributed by atoms with Gasteiger partial charge >= 0.3 is 0 Å². The third-order valence-corrected chi connectivity index (χ3v) is 4.25. The van der Waals surface area contributed by atoms with Crippen LogP contribution in [-0.4, -0.2) is 5.78 Å². The summed E-state index contributed by atoms with van der Waals surface area (Å²) < 4.78 is 0. The van der Waals surface area contributed by atoms with Crippen LogP contribution in [0, 0.1) is 5.92 Å². The van der Waals surface area contributed by atoms with Crippen LogP contribution in [-0.2, 0) is 4.79 Å². The number of anilines is 1. The summed E-state index contributed by atoms with van der Waals surface area (Å²) in [7, 11) is 0. The number of ketones is 1. The molecule has 108 valence electrons. The first-order valence-corrected chi connectivity index (χ1v) is 7.71. The minimum absolute atomic E-state index is 0.206. The second-order valence-corrected chi connectivity index (χ2v) is 5.79. The fourth-order valence-electron chi connectivity index (χ4n) is 3.19. The maximum atomic E-state index is 11.8. The molecule has 1 saturated carbocycles. The third kappa shape index (κ3) is 3.52. The first kappa shape index (κ1) is 13.9. The van der Waals surface area contributed by atoms with Crippen molar-refractivity contribution in [3.8, 4) is 0 Å². The zero-order valence-electron chi connectivity index (χ0n) is 12.2. The van der Waals surface area contributed by atoms with Gasteiger partial charge in [-0.15, -0.1) is 0 Å². The normalized spacial score (nSPS) is 20.0. The molecule has 1 unspecified atom stereocenters. The van der Waals surface area contributed by atoms with Crippen molar-refractivity contribution in [2.45, 2.75) is 31.7 Å². The minimum Gasteiger partial charge on any atom is -0.378 e. The lowest BCUT2D eigenvalue weighted by molar-refractivity contribution is -0.121. The molecular weight excluding hydrogens is 258 g/mol. The fourth-order valence-corrected chi connectivity index (χ4v) is 3.19. The third-order valence-electron chi connectivity index (χ3n) is 4.25. The second kappa shape index (κ2) is 6.57. The topological polar surface area (TPSA) is 29.1 Å². The first-order valence-electron chi connectivity index (χ1n) is 7.71. The SMILES string of the molecule is O=C1CCCC([C@@H](Nc2ccccc2)c2ccccc2)C1. The van der Waals surface area contributed by atoms with Crippen molar-refractivity contribution in [2.75, 3.05) is 5.32 Å². The van der Waals surface area contributed by atoms with E-state index in [-0.39, 0.29) is 6.04 Å². The van der Waals surface area contributed by atoms with Crippen LogP contribution in [0.3, 0.4) is 0 Å². The van der Waals surface area contributed by atoms with Gasteiger partial charge in [0.1, 0.15) is 5.78 Å². The lowest BCUT2D eigenvalue weighted by Gasteiger charge is -2.31. The summed E-state index contributed by atoms with van der Waals surface area (Å²) >= 11 is 0. The molecule has 0 aromatic heterocycles. The Hall–Kier alpha value is -2.09. The van der Waals surface area contributed by atoms with Crippen LogP contribution in [0.15, 0.2) is 60.7 Å². The Morgan fingerprint density at radius 3 is 2.29 bits per heavy atom. The highest BCUT2D eigenvalue weighted by Crippen LogP contribution is 2.35. The molecule has 1 aliphatic rings. The number of carbonyl (C=O) groups excluding carboxylic acids is 1. The molecule has 2 aromatic carbocycles. The standard InChI is InChI=1S/C19H21NO/c21-18-13-7-10-16(14-18)19(15-8-3-1-4-9-15)20-17-11-5-2-6-12-17/h1-6,8-9,11-12,16,19-20H,7,10,13-14H2/t16?,19-/m0/s1. The summed E-state index contributed by atoms with van der Waals surface area (Å²) in [6, 6.07) is 21.0. The number of carbonyl (C=O) groups is 1. The second-order valence-electron chi connectivity index (χ2n) is 5.79. The van der Waals surface area contributed by atoms with Crippen molar-refractivity contribution in [2.24, 2.45) is 5.92 Å². The molecule has 2 aromatic rings. The van der Waals surface area contributed by atoms with E-state index in [1.54, 1.807) is 0 Å². The number of Topliss-reactive ketones (excluding diaryl/α,β-unsaturated/α-hetero) is 1. The lowest BCUT2D eigenvalue weighted by Crippen LogP contribution is -2.26. The van der Waals surface area contributed by atoms with Crippen molar-refractivity contribution in [1.29, 1.82) is 0 Å². The Morgan fingerprint density at radius 1 is 0.952 bits per heavy atom. The summed E-state index contributed by atoms with van der Waals surface area (Å²) in [4.78, 5) is 11.8. The van der Waals surface area contributed by atoms with Crippen molar-refractivity contribution < 1.29 is 4.79 Å². The molecule has 0 amide bonds. The Bertz CT molecular complexity index is 579. The van der Waals surface area contributed by atoms with E-state index in [9.17, 15) is 4.79 Å². The fraction of sp³-hybridized carbons (Fsp3) is 0.316. The van der Waals surface area contributed by atoms with Gasteiger partial charge in [0.05, 0.1) is 6.04 Å². The highest BCUT2D eigenvalue weighted by Gasteiger charge is 2.28. The molecule has 0 aliphatic heterocycles. The largest absolute Gasteiger partial charge is 0.378 e. The van der Waals surface area contributed by atoms with Crippen LogP contribution in [0.25, 0.3) is 0 Å². The van der Waals surface area contributed by atoms with Gasteiger partial charge in [-0.25, -0.2) is 0 Å². The van der Waals surface area contributed by atoms with E-state index in [0.29, 0.717) is 18.1 Å². The molecule has 1 fully saturated rings. The molecular formula is C19H21NO. The van der Waals surface area contributed by atoms with E-state index >= 15 is 0 Å². The van der Waals surface area contributed by atoms with Crippen molar-refractivity contribution in [1.82, 2.24) is 0 Å². The van der Waals surface area contributed by atoms with Crippen LogP contribution in [0.1, 0.15) is 37.3 Å². The molecule has 0 saturated heterocycles. The van der Waals surface area contributed by atoms with Gasteiger partial charge in [0.15, 0.2) is 0 Å². The lowest BCUT2D eigenvalue weighted by atomic mass is 9.80. The van der Waals surface area contributed by atoms with Gasteiger partial charge in [-0.1, -0.05) is 48.5 Å². The zero-order valence-corrected chi connectivity index (χ0v) is 12.2. The van der Waals surface area contributed by atoms with Gasteiger partial charge < -0.3 is 5.32 Å². The van der Waals surface area contributed by atoms with Gasteiger partial charge in [0, 0.05) is 18.5 Å². The molecule has 0 radical (unpaired) electrons. The summed E-state index contributed by atoms with van der Waals surface area (Å²) in [6.07, 6.45) is 3.58. The minimum atomic E-state index is 0.206. The highest BCUT2D eigenvalue weighted by atomic mass is 16.1. The summed E-state index contributed by atoms with van der Waals surface area (Å²) in [5.41, 5.74) is 2.38. The smallest absolute Gasteiger partial charge is 0.133 e. The predicted octanol–water partition coefficient (Wildman–Crippen LogP) is 4.60. The van der Waals surface area contributed by atoms with E-state index in [4.69, 9.17) is 0 Å². The van der Waals surface area contributed by atoms with Gasteiger partial charge in [-0.05, 0) is 36.5 Å². The van der Waals surface area contributed by atoms with Gasteiger partial charge in [-0.2, -0.15) is 0 Å². The molecule has 2 atom stereocenters. The van der Waals surface area contributed by atoms with E-state index in [0.717, 1.165) is 24.9 Å². The van der Waals surface area contributed by atoms with Crippen LogP contribution in [0.4, 0.5) is 5.69 Å². The number of rotatable bonds is 4. The van der Waals surface area contributed by atoms with Gasteiger partial charge in [0.2, 0.25) is 0 Å². The van der Waals surface area contributed by atoms with Gasteiger partial charge in [-0.3, -0.25) is 4.79 Å². The molecule has 0 bridgehead atoms. The van der Waals surface area contributed by atoms with Crippen LogP contribution < -0.4 is 5.32 Å². The van der Waals surface area contributed by atoms with Crippen LogP contribution in [0.2, 0.25) is 0 Å². The first-order chi connectivity index (χ1) is 10.3. The van der Waals surface area contributed by atoms with E-state index in [1.165, 1.54) is 5.56 Å². The maximum absolute atomic E-state index is 11.8. The Morgan fingerprint density at radius 2 is 1.62 bits per heavy atom. The Balaban J connectivity index is 1.85. The number of para-hydroxylation sites is 1. The summed E-state index contributed by atoms with van der Waals surface area (Å²) in [6.45, 7) is 0. The number of hydrogen-bond donors (Lipinski definition) is 1. The molecule has 0 spiro atoms. The maximum Gasteiger partial charge on any atom is 0.133 e. The van der Waals surface area contributed by atoms with E-state index < -0.39 is 0 Å². The van der Waals surface area contributed by atoms with Crippen molar-refractivity contribution >= 4 is 11.5 Å². The summed E-state index contributed by atoms with van der Waals surface area (Å²) in [5, 5.41) is 3.63. The zero-order chi connectivity index (χ0) is 14.5. The quantitative estimate of drug-likeness (QED) is 0.886. The molecule has 2 heteroatoms. The highest BCUT2D eigenvalue weighted by molar-refractivity contribution is 5.79. The van der Waals surface area contributed by atoms with E-state index in [1.807, 2.05) is 24.3 Å². The van der Waals surface area contributed by atoms with Crippen LogP contribution >= 0.6 is 0 Å². The van der Waals surface area contributed by atoms with Crippen LogP contribution in [0.5, 0.6) is 0 Å². The summed E-state index contributed by atoms with van der Waals surface area (Å²) in [5.74, 6) is 0.788. The molecule has 3 rings (SSSR count). The molecule has 21 heavy (non-hydrogen) atoms.